The van der Waals surface area contributed by atoms with E-state index in [0.717, 1.165) is 24.4 Å². The zero-order valence-electron chi connectivity index (χ0n) is 12.6. The lowest BCUT2D eigenvalue weighted by Gasteiger charge is -2.18. The van der Waals surface area contributed by atoms with Crippen molar-refractivity contribution in [3.05, 3.63) is 59.2 Å². The van der Waals surface area contributed by atoms with Gasteiger partial charge in [-0.05, 0) is 55.2 Å². The molecule has 1 aliphatic rings. The van der Waals surface area contributed by atoms with Crippen molar-refractivity contribution in [2.24, 2.45) is 0 Å². The molecule has 0 amide bonds. The van der Waals surface area contributed by atoms with Gasteiger partial charge in [0.1, 0.15) is 0 Å². The van der Waals surface area contributed by atoms with Gasteiger partial charge in [-0.2, -0.15) is 0 Å². The summed E-state index contributed by atoms with van der Waals surface area (Å²) in [6, 6.07) is 14.3. The quantitative estimate of drug-likeness (QED) is 0.858. The Morgan fingerprint density at radius 1 is 1.19 bits per heavy atom. The van der Waals surface area contributed by atoms with Crippen LogP contribution in [-0.2, 0) is 23.0 Å². The van der Waals surface area contributed by atoms with Crippen LogP contribution in [-0.4, -0.2) is 17.3 Å². The molecule has 110 valence electrons. The summed E-state index contributed by atoms with van der Waals surface area (Å²) in [7, 11) is -0.973. The number of rotatable bonds is 4. The van der Waals surface area contributed by atoms with Gasteiger partial charge in [0, 0.05) is 23.7 Å². The number of aryl methyl sites for hydroxylation is 1. The van der Waals surface area contributed by atoms with Gasteiger partial charge >= 0.3 is 0 Å². The minimum absolute atomic E-state index is 0.598. The van der Waals surface area contributed by atoms with Crippen LogP contribution in [0.15, 0.2) is 47.4 Å². The first kappa shape index (κ1) is 14.3. The average molecular weight is 299 g/mol. The Labute approximate surface area is 129 Å². The van der Waals surface area contributed by atoms with Crippen molar-refractivity contribution < 1.29 is 4.21 Å². The van der Waals surface area contributed by atoms with Gasteiger partial charge in [-0.15, -0.1) is 0 Å². The molecule has 1 heterocycles. The molecule has 2 aromatic rings. The average Bonchev–Trinajstić information content (AvgIpc) is 2.90. The van der Waals surface area contributed by atoms with E-state index < -0.39 is 10.8 Å². The third kappa shape index (κ3) is 2.88. The first-order valence-corrected chi connectivity index (χ1v) is 8.81. The van der Waals surface area contributed by atoms with E-state index in [1.165, 1.54) is 22.4 Å². The van der Waals surface area contributed by atoms with Crippen molar-refractivity contribution in [3.8, 4) is 0 Å². The van der Waals surface area contributed by atoms with Crippen LogP contribution in [0, 0.1) is 6.92 Å². The number of hydrogen-bond donors (Lipinski definition) is 0. The number of likely N-dealkylation sites (N-methyl/N-ethyl adjacent to an activating group) is 1. The van der Waals surface area contributed by atoms with Crippen LogP contribution in [0.4, 0.5) is 5.69 Å². The third-order valence-electron chi connectivity index (χ3n) is 4.20. The minimum atomic E-state index is -0.973. The Morgan fingerprint density at radius 3 is 2.67 bits per heavy atom. The van der Waals surface area contributed by atoms with E-state index in [9.17, 15) is 4.21 Å². The topological polar surface area (TPSA) is 20.3 Å². The Balaban J connectivity index is 1.88. The molecule has 0 aliphatic carbocycles. The molecule has 3 rings (SSSR count). The summed E-state index contributed by atoms with van der Waals surface area (Å²) in [4.78, 5) is 3.31. The lowest BCUT2D eigenvalue weighted by molar-refractivity contribution is 0.682. The Morgan fingerprint density at radius 2 is 1.95 bits per heavy atom. The predicted molar refractivity (Wildman–Crippen MR) is 89.3 cm³/mol. The molecule has 21 heavy (non-hydrogen) atoms. The normalized spacial score (nSPS) is 15.0. The van der Waals surface area contributed by atoms with Gasteiger partial charge in [0.2, 0.25) is 0 Å². The van der Waals surface area contributed by atoms with Gasteiger partial charge in [0.25, 0.3) is 0 Å². The molecule has 0 spiro atoms. The SMILES string of the molecule is CCN1CCc2cc(C)c(CS(=O)c3ccccc3)cc21. The molecule has 0 fully saturated rings. The van der Waals surface area contributed by atoms with Gasteiger partial charge in [0.15, 0.2) is 0 Å². The van der Waals surface area contributed by atoms with Crippen LogP contribution in [0.5, 0.6) is 0 Å². The zero-order valence-corrected chi connectivity index (χ0v) is 13.5. The Hall–Kier alpha value is -1.61. The van der Waals surface area contributed by atoms with Crippen molar-refractivity contribution in [1.82, 2.24) is 0 Å². The van der Waals surface area contributed by atoms with E-state index >= 15 is 0 Å². The van der Waals surface area contributed by atoms with Crippen LogP contribution < -0.4 is 4.90 Å². The summed E-state index contributed by atoms with van der Waals surface area (Å²) < 4.78 is 12.5. The maximum atomic E-state index is 12.5. The number of hydrogen-bond acceptors (Lipinski definition) is 2. The lowest BCUT2D eigenvalue weighted by Crippen LogP contribution is -2.19. The maximum Gasteiger partial charge on any atom is 0.0574 e. The van der Waals surface area contributed by atoms with Crippen molar-refractivity contribution in [1.29, 1.82) is 0 Å². The Bertz CT molecular complexity index is 666. The predicted octanol–water partition coefficient (Wildman–Crippen LogP) is 3.69. The van der Waals surface area contributed by atoms with Crippen LogP contribution >= 0.6 is 0 Å². The molecule has 3 heteroatoms. The fourth-order valence-corrected chi connectivity index (χ4v) is 4.17. The van der Waals surface area contributed by atoms with E-state index in [1.807, 2.05) is 30.3 Å². The van der Waals surface area contributed by atoms with E-state index in [4.69, 9.17) is 0 Å². The smallest absolute Gasteiger partial charge is 0.0574 e. The highest BCUT2D eigenvalue weighted by atomic mass is 32.2. The largest absolute Gasteiger partial charge is 0.371 e. The number of nitrogens with zero attached hydrogens (tertiary/aromatic N) is 1. The van der Waals surface area contributed by atoms with Crippen LogP contribution in [0.1, 0.15) is 23.6 Å². The van der Waals surface area contributed by atoms with Crippen molar-refractivity contribution >= 4 is 16.5 Å². The molecule has 2 nitrogen and oxygen atoms in total. The maximum absolute atomic E-state index is 12.5. The summed E-state index contributed by atoms with van der Waals surface area (Å²) >= 11 is 0. The minimum Gasteiger partial charge on any atom is -0.371 e. The number of fused-ring (bicyclic) bond motifs is 1. The molecule has 0 saturated heterocycles. The van der Waals surface area contributed by atoms with E-state index in [0.29, 0.717) is 5.75 Å². The molecule has 1 atom stereocenters. The van der Waals surface area contributed by atoms with E-state index in [2.05, 4.69) is 30.9 Å². The summed E-state index contributed by atoms with van der Waals surface area (Å²) in [6.07, 6.45) is 1.13. The first-order valence-electron chi connectivity index (χ1n) is 7.50. The van der Waals surface area contributed by atoms with Gasteiger partial charge in [-0.3, -0.25) is 4.21 Å². The fourth-order valence-electron chi connectivity index (χ4n) is 2.95. The van der Waals surface area contributed by atoms with Gasteiger partial charge in [-0.25, -0.2) is 0 Å². The van der Waals surface area contributed by atoms with E-state index in [-0.39, 0.29) is 0 Å². The standard InChI is InChI=1S/C18H21NOS/c1-3-19-10-9-15-11-14(2)16(12-18(15)19)13-21(20)17-7-5-4-6-8-17/h4-8,11-12H,3,9-10,13H2,1-2H3. The van der Waals surface area contributed by atoms with Gasteiger partial charge in [-0.1, -0.05) is 24.3 Å². The number of benzene rings is 2. The molecular formula is C18H21NOS. The molecular weight excluding hydrogens is 278 g/mol. The van der Waals surface area contributed by atoms with Crippen molar-refractivity contribution in [2.45, 2.75) is 30.9 Å². The molecule has 1 unspecified atom stereocenters. The van der Waals surface area contributed by atoms with E-state index in [1.54, 1.807) is 0 Å². The third-order valence-corrected chi connectivity index (χ3v) is 5.57. The summed E-state index contributed by atoms with van der Waals surface area (Å²) in [5.74, 6) is 0.598. The van der Waals surface area contributed by atoms with Gasteiger partial charge in [0.05, 0.1) is 16.6 Å². The fraction of sp³-hybridized carbons (Fsp3) is 0.333. The highest BCUT2D eigenvalue weighted by molar-refractivity contribution is 7.84. The first-order chi connectivity index (χ1) is 10.2. The molecule has 0 radical (unpaired) electrons. The highest BCUT2D eigenvalue weighted by Crippen LogP contribution is 2.31. The second kappa shape index (κ2) is 6.02. The van der Waals surface area contributed by atoms with Crippen molar-refractivity contribution in [3.63, 3.8) is 0 Å². The van der Waals surface area contributed by atoms with Crippen LogP contribution in [0.25, 0.3) is 0 Å². The summed E-state index contributed by atoms with van der Waals surface area (Å²) in [5.41, 5.74) is 5.24. The Kier molecular flexibility index (Phi) is 4.11. The monoisotopic (exact) mass is 299 g/mol. The van der Waals surface area contributed by atoms with Crippen LogP contribution in [0.2, 0.25) is 0 Å². The van der Waals surface area contributed by atoms with Crippen LogP contribution in [0.3, 0.4) is 0 Å². The van der Waals surface area contributed by atoms with Crippen molar-refractivity contribution in [2.75, 3.05) is 18.0 Å². The number of anilines is 1. The lowest BCUT2D eigenvalue weighted by atomic mass is 10.0. The summed E-state index contributed by atoms with van der Waals surface area (Å²) in [6.45, 7) is 6.47. The molecule has 0 aromatic heterocycles. The second-order valence-corrected chi connectivity index (χ2v) is 6.99. The molecule has 0 saturated carbocycles. The molecule has 0 bridgehead atoms. The highest BCUT2D eigenvalue weighted by Gasteiger charge is 2.19. The molecule has 2 aromatic carbocycles. The molecule has 1 aliphatic heterocycles. The zero-order chi connectivity index (χ0) is 14.8. The molecule has 0 N–H and O–H groups in total. The summed E-state index contributed by atoms with van der Waals surface area (Å²) in [5, 5.41) is 0. The van der Waals surface area contributed by atoms with Gasteiger partial charge < -0.3 is 4.90 Å². The second-order valence-electron chi connectivity index (χ2n) is 5.54.